The van der Waals surface area contributed by atoms with Crippen molar-refractivity contribution >= 4 is 60.7 Å². The zero-order valence-corrected chi connectivity index (χ0v) is 16.1. The van der Waals surface area contributed by atoms with Crippen LogP contribution in [0.25, 0.3) is 0 Å². The maximum absolute atomic E-state index is 11.2. The summed E-state index contributed by atoms with van der Waals surface area (Å²) in [6, 6.07) is 0. The van der Waals surface area contributed by atoms with E-state index in [4.69, 9.17) is 9.11 Å². The fourth-order valence-electron chi connectivity index (χ4n) is 0.936. The van der Waals surface area contributed by atoms with Gasteiger partial charge in [0.2, 0.25) is 15.3 Å². The lowest BCUT2D eigenvalue weighted by atomic mass is 11.9. The van der Waals surface area contributed by atoms with Crippen LogP contribution in [0.4, 0.5) is 0 Å². The molecule has 0 aromatic heterocycles. The summed E-state index contributed by atoms with van der Waals surface area (Å²) in [5, 5.41) is -7.06. The van der Waals surface area contributed by atoms with E-state index < -0.39 is 76.0 Å². The SMILES string of the molecule is O=S(=O)(O)CS(=O)(=O)OS(=O)(=O)CS(=O)(=O)OS(=O)(=O)CS(=O)(=O)O. The summed E-state index contributed by atoms with van der Waals surface area (Å²) in [4.78, 5) is 0. The monoisotopic (exact) mass is 492 g/mol. The van der Waals surface area contributed by atoms with Crippen molar-refractivity contribution in [3.8, 4) is 0 Å². The predicted molar refractivity (Wildman–Crippen MR) is 75.5 cm³/mol. The van der Waals surface area contributed by atoms with E-state index in [0.29, 0.717) is 0 Å². The Balaban J connectivity index is 5.43. The average molecular weight is 492 g/mol. The fourth-order valence-corrected chi connectivity index (χ4v) is 9.84. The minimum Gasteiger partial charge on any atom is -0.285 e. The van der Waals surface area contributed by atoms with Crippen LogP contribution in [-0.4, -0.2) is 74.9 Å². The predicted octanol–water partition coefficient (Wildman–Crippen LogP) is -4.01. The summed E-state index contributed by atoms with van der Waals surface area (Å²) in [6.45, 7) is 0. The molecule has 0 saturated heterocycles. The Morgan fingerprint density at radius 3 is 0.840 bits per heavy atom. The second-order valence-electron chi connectivity index (χ2n) is 3.88. The molecule has 0 aliphatic heterocycles. The highest BCUT2D eigenvalue weighted by Crippen LogP contribution is 2.12. The van der Waals surface area contributed by atoms with Crippen molar-refractivity contribution in [2.45, 2.75) is 0 Å². The zero-order valence-electron chi connectivity index (χ0n) is 11.2. The molecule has 0 aromatic rings. The first-order chi connectivity index (χ1) is 10.5. The van der Waals surface area contributed by atoms with Crippen LogP contribution >= 0.6 is 0 Å². The minimum atomic E-state index is -5.74. The van der Waals surface area contributed by atoms with Gasteiger partial charge in [0.1, 0.15) is 0 Å². The average Bonchev–Trinajstić information content (AvgIpc) is 1.97. The van der Waals surface area contributed by atoms with E-state index in [1.807, 2.05) is 0 Å². The summed E-state index contributed by atoms with van der Waals surface area (Å²) in [6.07, 6.45) is 0. The van der Waals surface area contributed by atoms with E-state index in [-0.39, 0.29) is 0 Å². The molecule has 0 spiro atoms. The highest BCUT2D eigenvalue weighted by Gasteiger charge is 2.36. The lowest BCUT2D eigenvalue weighted by molar-refractivity contribution is 0.457. The first-order valence-corrected chi connectivity index (χ1v) is 14.3. The Hall–Kier alpha value is -0.460. The van der Waals surface area contributed by atoms with Gasteiger partial charge >= 0.3 is 0 Å². The van der Waals surface area contributed by atoms with Gasteiger partial charge < -0.3 is 0 Å². The van der Waals surface area contributed by atoms with Gasteiger partial charge in [0.05, 0.1) is 0 Å². The standard InChI is InChI=1S/C3H8O16S6/c4-20(5,6)1-22(10,11)18-24(14,15)3-25(16,17)19-23(12,13)2-21(7,8)9/h1-3H2,(H,4,5,6)(H,7,8,9). The second kappa shape index (κ2) is 7.28. The van der Waals surface area contributed by atoms with Crippen molar-refractivity contribution in [2.24, 2.45) is 0 Å². The van der Waals surface area contributed by atoms with Crippen LogP contribution in [0.2, 0.25) is 0 Å². The van der Waals surface area contributed by atoms with E-state index in [1.165, 1.54) is 0 Å². The number of hydrogen-bond acceptors (Lipinski definition) is 14. The van der Waals surface area contributed by atoms with Crippen molar-refractivity contribution < 1.29 is 66.9 Å². The zero-order chi connectivity index (χ0) is 20.5. The highest BCUT2D eigenvalue weighted by atomic mass is 32.3. The Kier molecular flexibility index (Phi) is 7.14. The third-order valence-electron chi connectivity index (χ3n) is 1.29. The second-order valence-corrected chi connectivity index (χ2v) is 14.6. The van der Waals surface area contributed by atoms with Crippen LogP contribution in [0.3, 0.4) is 0 Å². The van der Waals surface area contributed by atoms with Crippen LogP contribution in [-0.2, 0) is 68.0 Å². The van der Waals surface area contributed by atoms with Gasteiger partial charge in [-0.25, -0.2) is 0 Å². The molecule has 0 fully saturated rings. The summed E-state index contributed by atoms with van der Waals surface area (Å²) >= 11 is 0. The Morgan fingerprint density at radius 1 is 0.440 bits per heavy atom. The minimum absolute atomic E-state index is 2.28. The summed E-state index contributed by atoms with van der Waals surface area (Å²) in [7, 11) is -33.2. The van der Waals surface area contributed by atoms with Gasteiger partial charge in [-0.1, -0.05) is 0 Å². The van der Waals surface area contributed by atoms with Gasteiger partial charge in [-0.15, -0.1) is 7.26 Å². The molecule has 0 radical (unpaired) electrons. The van der Waals surface area contributed by atoms with Crippen LogP contribution in [0, 0.1) is 0 Å². The van der Waals surface area contributed by atoms with Crippen molar-refractivity contribution in [1.82, 2.24) is 0 Å². The van der Waals surface area contributed by atoms with Gasteiger partial charge in [0.25, 0.3) is 60.7 Å². The maximum atomic E-state index is 11.2. The molecule has 0 atom stereocenters. The molecule has 0 saturated carbocycles. The van der Waals surface area contributed by atoms with E-state index >= 15 is 0 Å². The van der Waals surface area contributed by atoms with Crippen molar-refractivity contribution in [3.05, 3.63) is 0 Å². The van der Waals surface area contributed by atoms with Crippen LogP contribution in [0.5, 0.6) is 0 Å². The molecule has 0 aliphatic carbocycles. The lowest BCUT2D eigenvalue weighted by Gasteiger charge is -2.06. The molecule has 16 nitrogen and oxygen atoms in total. The van der Waals surface area contributed by atoms with E-state index in [9.17, 15) is 50.5 Å². The first-order valence-electron chi connectivity index (χ1n) is 4.76. The molecule has 152 valence electrons. The van der Waals surface area contributed by atoms with Crippen molar-refractivity contribution in [2.75, 3.05) is 15.3 Å². The molecule has 22 heteroatoms. The molecular weight excluding hydrogens is 484 g/mol. The molecule has 0 aliphatic rings. The third kappa shape index (κ3) is 12.5. The first kappa shape index (κ1) is 24.5. The molecule has 25 heavy (non-hydrogen) atoms. The Morgan fingerprint density at radius 2 is 0.640 bits per heavy atom. The Labute approximate surface area is 142 Å². The van der Waals surface area contributed by atoms with Gasteiger partial charge in [-0.3, -0.25) is 9.11 Å². The summed E-state index contributed by atoms with van der Waals surface area (Å²) in [5.74, 6) is 0. The molecular formula is C3H8O16S6. The Bertz CT molecular complexity index is 1030. The quantitative estimate of drug-likeness (QED) is 0.275. The lowest BCUT2D eigenvalue weighted by Crippen LogP contribution is -2.29. The smallest absolute Gasteiger partial charge is 0.285 e. The van der Waals surface area contributed by atoms with Gasteiger partial charge in [0, 0.05) is 0 Å². The molecule has 0 bridgehead atoms. The molecule has 0 unspecified atom stereocenters. The largest absolute Gasteiger partial charge is 0.298 e. The summed E-state index contributed by atoms with van der Waals surface area (Å²) in [5.41, 5.74) is 0. The van der Waals surface area contributed by atoms with Crippen molar-refractivity contribution in [1.29, 1.82) is 0 Å². The number of hydrogen-bond donors (Lipinski definition) is 2. The van der Waals surface area contributed by atoms with Gasteiger partial charge in [-0.05, 0) is 0 Å². The van der Waals surface area contributed by atoms with Gasteiger partial charge in [-0.2, -0.15) is 50.5 Å². The highest BCUT2D eigenvalue weighted by molar-refractivity contribution is 8.14. The van der Waals surface area contributed by atoms with Crippen LogP contribution in [0.15, 0.2) is 0 Å². The van der Waals surface area contributed by atoms with Crippen molar-refractivity contribution in [3.63, 3.8) is 0 Å². The van der Waals surface area contributed by atoms with E-state index in [2.05, 4.69) is 7.26 Å². The van der Waals surface area contributed by atoms with E-state index in [1.54, 1.807) is 0 Å². The topological polar surface area (TPSA) is 264 Å². The normalized spacial score (nSPS) is 15.1. The van der Waals surface area contributed by atoms with Crippen LogP contribution in [0.1, 0.15) is 0 Å². The van der Waals surface area contributed by atoms with Crippen LogP contribution < -0.4 is 0 Å². The molecule has 0 amide bonds. The maximum Gasteiger partial charge on any atom is 0.298 e. The third-order valence-corrected chi connectivity index (χ3v) is 11.6. The molecule has 0 heterocycles. The molecule has 0 rings (SSSR count). The van der Waals surface area contributed by atoms with Gasteiger partial charge in [0.15, 0.2) is 0 Å². The molecule has 0 aromatic carbocycles. The fraction of sp³-hybridized carbons (Fsp3) is 1.00. The number of rotatable bonds is 10. The van der Waals surface area contributed by atoms with E-state index in [0.717, 1.165) is 0 Å². The summed E-state index contributed by atoms with van der Waals surface area (Å²) < 4.78 is 153. The molecule has 2 N–H and O–H groups in total.